The van der Waals surface area contributed by atoms with E-state index in [1.54, 1.807) is 0 Å². The highest BCUT2D eigenvalue weighted by Gasteiger charge is 2.32. The maximum absolute atomic E-state index is 6.03. The number of hydrogen-bond acceptors (Lipinski definition) is 3. The van der Waals surface area contributed by atoms with E-state index in [0.717, 1.165) is 26.2 Å². The quantitative estimate of drug-likeness (QED) is 0.934. The number of hydrogen-bond donors (Lipinski definition) is 1. The van der Waals surface area contributed by atoms with Crippen LogP contribution in [0.3, 0.4) is 0 Å². The molecule has 0 aliphatic carbocycles. The highest BCUT2D eigenvalue weighted by atomic mass is 16.5. The van der Waals surface area contributed by atoms with Gasteiger partial charge >= 0.3 is 0 Å². The molecule has 112 valence electrons. The van der Waals surface area contributed by atoms with E-state index in [-0.39, 0.29) is 6.10 Å². The molecule has 1 aliphatic heterocycles. The predicted octanol–water partition coefficient (Wildman–Crippen LogP) is 2.82. The lowest BCUT2D eigenvalue weighted by Crippen LogP contribution is -2.48. The van der Waals surface area contributed by atoms with Crippen molar-refractivity contribution in [3.05, 3.63) is 48.0 Å². The van der Waals surface area contributed by atoms with Crippen LogP contribution in [0.4, 0.5) is 0 Å². The molecule has 1 aliphatic rings. The minimum atomic E-state index is 0.213. The summed E-state index contributed by atoms with van der Waals surface area (Å²) in [6.07, 6.45) is 0.213. The van der Waals surface area contributed by atoms with Crippen molar-refractivity contribution in [1.29, 1.82) is 0 Å². The Morgan fingerprint density at radius 1 is 1.19 bits per heavy atom. The molecule has 21 heavy (non-hydrogen) atoms. The van der Waals surface area contributed by atoms with Crippen LogP contribution in [0.2, 0.25) is 0 Å². The average molecular weight is 284 g/mol. The molecule has 0 spiro atoms. The van der Waals surface area contributed by atoms with E-state index < -0.39 is 0 Å². The molecule has 0 amide bonds. The molecule has 1 saturated heterocycles. The zero-order valence-electron chi connectivity index (χ0n) is 12.9. The Kier molecular flexibility index (Phi) is 4.54. The topological polar surface area (TPSA) is 24.5 Å². The first kappa shape index (κ1) is 14.5. The molecule has 1 fully saturated rings. The molecule has 3 rings (SSSR count). The molecule has 2 unspecified atom stereocenters. The Bertz CT molecular complexity index is 597. The number of nitrogens with zero attached hydrogens (tertiary/aromatic N) is 1. The van der Waals surface area contributed by atoms with Crippen LogP contribution in [0.1, 0.15) is 18.5 Å². The fourth-order valence-corrected chi connectivity index (χ4v) is 3.33. The Morgan fingerprint density at radius 3 is 2.76 bits per heavy atom. The molecule has 2 aromatic carbocycles. The Morgan fingerprint density at radius 2 is 2.00 bits per heavy atom. The second kappa shape index (κ2) is 6.56. The van der Waals surface area contributed by atoms with Gasteiger partial charge in [-0.3, -0.25) is 4.90 Å². The van der Waals surface area contributed by atoms with Crippen molar-refractivity contribution < 1.29 is 4.74 Å². The number of rotatable bonds is 4. The molecule has 2 aromatic rings. The van der Waals surface area contributed by atoms with Gasteiger partial charge in [-0.2, -0.15) is 0 Å². The van der Waals surface area contributed by atoms with Gasteiger partial charge in [0, 0.05) is 13.1 Å². The lowest BCUT2D eigenvalue weighted by atomic mass is 9.95. The molecule has 2 atom stereocenters. The van der Waals surface area contributed by atoms with Gasteiger partial charge in [-0.15, -0.1) is 0 Å². The number of likely N-dealkylation sites (N-methyl/N-ethyl adjacent to an activating group) is 2. The van der Waals surface area contributed by atoms with E-state index in [1.807, 2.05) is 7.05 Å². The monoisotopic (exact) mass is 284 g/mol. The number of nitrogens with one attached hydrogen (secondary N) is 1. The summed E-state index contributed by atoms with van der Waals surface area (Å²) in [6.45, 7) is 6.00. The molecule has 0 radical (unpaired) electrons. The van der Waals surface area contributed by atoms with Crippen molar-refractivity contribution in [1.82, 2.24) is 10.2 Å². The predicted molar refractivity (Wildman–Crippen MR) is 87.6 cm³/mol. The van der Waals surface area contributed by atoms with Gasteiger partial charge in [-0.25, -0.2) is 0 Å². The van der Waals surface area contributed by atoms with Crippen LogP contribution in [0.15, 0.2) is 42.5 Å². The normalized spacial score (nSPS) is 23.5. The third kappa shape index (κ3) is 2.95. The minimum absolute atomic E-state index is 0.213. The lowest BCUT2D eigenvalue weighted by molar-refractivity contribution is -0.0686. The first-order chi connectivity index (χ1) is 10.3. The summed E-state index contributed by atoms with van der Waals surface area (Å²) in [5, 5.41) is 5.87. The van der Waals surface area contributed by atoms with Gasteiger partial charge < -0.3 is 10.1 Å². The Hall–Kier alpha value is -1.42. The van der Waals surface area contributed by atoms with Crippen molar-refractivity contribution in [3.63, 3.8) is 0 Å². The fraction of sp³-hybridized carbons (Fsp3) is 0.444. The van der Waals surface area contributed by atoms with E-state index in [0.29, 0.717) is 6.04 Å². The first-order valence-corrected chi connectivity index (χ1v) is 7.82. The summed E-state index contributed by atoms with van der Waals surface area (Å²) in [4.78, 5) is 2.52. The summed E-state index contributed by atoms with van der Waals surface area (Å²) in [6, 6.07) is 15.7. The minimum Gasteiger partial charge on any atom is -0.374 e. The zero-order valence-corrected chi connectivity index (χ0v) is 12.9. The molecule has 0 aromatic heterocycles. The van der Waals surface area contributed by atoms with Crippen molar-refractivity contribution in [2.24, 2.45) is 0 Å². The van der Waals surface area contributed by atoms with Crippen molar-refractivity contribution in [3.8, 4) is 0 Å². The highest BCUT2D eigenvalue weighted by Crippen LogP contribution is 2.31. The van der Waals surface area contributed by atoms with Crippen LogP contribution < -0.4 is 5.32 Å². The number of fused-ring (bicyclic) bond motifs is 1. The highest BCUT2D eigenvalue weighted by molar-refractivity contribution is 5.83. The third-order valence-corrected chi connectivity index (χ3v) is 4.38. The molecule has 0 saturated carbocycles. The van der Waals surface area contributed by atoms with Crippen LogP contribution in [0, 0.1) is 0 Å². The van der Waals surface area contributed by atoms with Gasteiger partial charge in [0.05, 0.1) is 18.8 Å². The van der Waals surface area contributed by atoms with Crippen LogP contribution in [0.25, 0.3) is 10.8 Å². The summed E-state index contributed by atoms with van der Waals surface area (Å²) >= 11 is 0. The van der Waals surface area contributed by atoms with Crippen molar-refractivity contribution in [2.45, 2.75) is 19.1 Å². The SMILES string of the molecule is CCN1CCOC(CNC)C1c1ccc2ccccc2c1. The maximum Gasteiger partial charge on any atom is 0.0896 e. The van der Waals surface area contributed by atoms with E-state index in [2.05, 4.69) is 59.6 Å². The number of ether oxygens (including phenoxy) is 1. The molecule has 1 heterocycles. The van der Waals surface area contributed by atoms with Gasteiger partial charge in [0.15, 0.2) is 0 Å². The van der Waals surface area contributed by atoms with E-state index in [4.69, 9.17) is 4.74 Å². The lowest BCUT2D eigenvalue weighted by Gasteiger charge is -2.41. The molecule has 0 bridgehead atoms. The average Bonchev–Trinajstić information content (AvgIpc) is 2.54. The van der Waals surface area contributed by atoms with E-state index in [1.165, 1.54) is 16.3 Å². The summed E-state index contributed by atoms with van der Waals surface area (Å²) < 4.78 is 6.03. The third-order valence-electron chi connectivity index (χ3n) is 4.38. The Balaban J connectivity index is 1.98. The molecular weight excluding hydrogens is 260 g/mol. The van der Waals surface area contributed by atoms with Gasteiger partial charge in [-0.05, 0) is 36.0 Å². The first-order valence-electron chi connectivity index (χ1n) is 7.82. The van der Waals surface area contributed by atoms with Crippen LogP contribution >= 0.6 is 0 Å². The van der Waals surface area contributed by atoms with Crippen molar-refractivity contribution in [2.75, 3.05) is 33.3 Å². The van der Waals surface area contributed by atoms with Gasteiger partial charge in [0.25, 0.3) is 0 Å². The Labute approximate surface area is 126 Å². The smallest absolute Gasteiger partial charge is 0.0896 e. The summed E-state index contributed by atoms with van der Waals surface area (Å²) in [5.74, 6) is 0. The van der Waals surface area contributed by atoms with Gasteiger partial charge in [-0.1, -0.05) is 43.3 Å². The van der Waals surface area contributed by atoms with Crippen LogP contribution in [-0.4, -0.2) is 44.3 Å². The standard InChI is InChI=1S/C18H24N2O/c1-3-20-10-11-21-17(13-19-2)18(20)16-9-8-14-6-4-5-7-15(14)12-16/h4-9,12,17-19H,3,10-11,13H2,1-2H3. The summed E-state index contributed by atoms with van der Waals surface area (Å²) in [5.41, 5.74) is 1.36. The van der Waals surface area contributed by atoms with Crippen LogP contribution in [-0.2, 0) is 4.74 Å². The van der Waals surface area contributed by atoms with E-state index in [9.17, 15) is 0 Å². The van der Waals surface area contributed by atoms with E-state index >= 15 is 0 Å². The van der Waals surface area contributed by atoms with Crippen molar-refractivity contribution >= 4 is 10.8 Å². The second-order valence-electron chi connectivity index (χ2n) is 5.65. The largest absolute Gasteiger partial charge is 0.374 e. The summed E-state index contributed by atoms with van der Waals surface area (Å²) in [7, 11) is 1.99. The maximum atomic E-state index is 6.03. The second-order valence-corrected chi connectivity index (χ2v) is 5.65. The number of morpholine rings is 1. The zero-order chi connectivity index (χ0) is 14.7. The number of benzene rings is 2. The molecular formula is C18H24N2O. The fourth-order valence-electron chi connectivity index (χ4n) is 3.33. The molecule has 3 heteroatoms. The van der Waals surface area contributed by atoms with Gasteiger partial charge in [0.1, 0.15) is 0 Å². The van der Waals surface area contributed by atoms with Crippen LogP contribution in [0.5, 0.6) is 0 Å². The molecule has 3 nitrogen and oxygen atoms in total. The molecule has 1 N–H and O–H groups in total. The van der Waals surface area contributed by atoms with Gasteiger partial charge in [0.2, 0.25) is 0 Å².